The summed E-state index contributed by atoms with van der Waals surface area (Å²) < 4.78 is 26.7. The molecule has 110 valence electrons. The molecule has 0 fully saturated rings. The highest BCUT2D eigenvalue weighted by atomic mass is 32.2. The Kier molecular flexibility index (Phi) is 6.46. The van der Waals surface area contributed by atoms with Crippen LogP contribution in [0.2, 0.25) is 0 Å². The Hall–Kier alpha value is -0.430. The molecule has 0 bridgehead atoms. The number of aryl methyl sites for hydroxylation is 2. The van der Waals surface area contributed by atoms with Gasteiger partial charge in [0.2, 0.25) is 10.0 Å². The van der Waals surface area contributed by atoms with Gasteiger partial charge in [-0.25, -0.2) is 13.1 Å². The fourth-order valence-electron chi connectivity index (χ4n) is 2.04. The van der Waals surface area contributed by atoms with Crippen molar-refractivity contribution in [2.45, 2.75) is 40.2 Å². The maximum absolute atomic E-state index is 12.0. The summed E-state index contributed by atoms with van der Waals surface area (Å²) in [6.07, 6.45) is 0.636. The molecule has 2 N–H and O–H groups in total. The van der Waals surface area contributed by atoms with Crippen LogP contribution in [0.25, 0.3) is 0 Å². The zero-order valence-electron chi connectivity index (χ0n) is 12.1. The zero-order valence-corrected chi connectivity index (χ0v) is 13.7. The van der Waals surface area contributed by atoms with Crippen LogP contribution in [0.4, 0.5) is 0 Å². The Balaban J connectivity index is 2.55. The normalized spacial score (nSPS) is 13.7. The third-order valence-corrected chi connectivity index (χ3v) is 5.44. The van der Waals surface area contributed by atoms with Crippen molar-refractivity contribution in [3.63, 3.8) is 0 Å². The molecule has 1 aromatic heterocycles. The molecule has 0 aromatic carbocycles. The lowest BCUT2D eigenvalue weighted by Crippen LogP contribution is -2.30. The van der Waals surface area contributed by atoms with Crippen molar-refractivity contribution in [2.24, 2.45) is 0 Å². The van der Waals surface area contributed by atoms with Crippen LogP contribution < -0.4 is 10.0 Å². The quantitative estimate of drug-likeness (QED) is 0.725. The van der Waals surface area contributed by atoms with Gasteiger partial charge in [-0.05, 0) is 51.9 Å². The first-order chi connectivity index (χ1) is 8.85. The number of nitrogens with one attached hydrogen (secondary N) is 2. The van der Waals surface area contributed by atoms with E-state index in [0.717, 1.165) is 18.7 Å². The van der Waals surface area contributed by atoms with Gasteiger partial charge in [-0.2, -0.15) is 0 Å². The minimum atomic E-state index is -3.20. The third-order valence-electron chi connectivity index (χ3n) is 2.92. The number of rotatable bonds is 8. The van der Waals surface area contributed by atoms with Crippen LogP contribution in [0, 0.1) is 13.8 Å². The molecule has 1 unspecified atom stereocenters. The minimum Gasteiger partial charge on any atom is -0.317 e. The molecule has 6 heteroatoms. The van der Waals surface area contributed by atoms with Crippen LogP contribution >= 0.6 is 11.3 Å². The van der Waals surface area contributed by atoms with Gasteiger partial charge in [0, 0.05) is 15.8 Å². The molecule has 0 aliphatic rings. The molecule has 1 rings (SSSR count). The van der Waals surface area contributed by atoms with E-state index in [1.54, 1.807) is 11.3 Å². The van der Waals surface area contributed by atoms with E-state index in [1.807, 2.05) is 27.7 Å². The molecular weight excluding hydrogens is 280 g/mol. The fourth-order valence-corrected chi connectivity index (χ4v) is 4.37. The zero-order chi connectivity index (χ0) is 14.5. The van der Waals surface area contributed by atoms with E-state index in [-0.39, 0.29) is 11.8 Å². The van der Waals surface area contributed by atoms with E-state index < -0.39 is 10.0 Å². The summed E-state index contributed by atoms with van der Waals surface area (Å²) >= 11 is 1.70. The molecule has 1 atom stereocenters. The second-order valence-corrected chi connectivity index (χ2v) is 8.07. The average molecular weight is 304 g/mol. The summed E-state index contributed by atoms with van der Waals surface area (Å²) in [7, 11) is -3.20. The van der Waals surface area contributed by atoms with E-state index in [1.165, 1.54) is 9.75 Å². The molecule has 0 amide bonds. The largest absolute Gasteiger partial charge is 0.317 e. The van der Waals surface area contributed by atoms with E-state index in [9.17, 15) is 8.42 Å². The van der Waals surface area contributed by atoms with Gasteiger partial charge in [0.05, 0.1) is 5.75 Å². The molecule has 0 saturated heterocycles. The van der Waals surface area contributed by atoms with Crippen molar-refractivity contribution in [1.82, 2.24) is 10.0 Å². The molecule has 0 spiro atoms. The van der Waals surface area contributed by atoms with Crippen molar-refractivity contribution in [1.29, 1.82) is 0 Å². The fraction of sp³-hybridized carbons (Fsp3) is 0.692. The first-order valence-corrected chi connectivity index (χ1v) is 9.10. The Morgan fingerprint density at radius 2 is 2.05 bits per heavy atom. The molecule has 1 heterocycles. The van der Waals surface area contributed by atoms with Crippen LogP contribution in [-0.2, 0) is 10.0 Å². The monoisotopic (exact) mass is 304 g/mol. The number of sulfonamides is 1. The number of hydrogen-bond donors (Lipinski definition) is 2. The van der Waals surface area contributed by atoms with Crippen molar-refractivity contribution < 1.29 is 8.42 Å². The van der Waals surface area contributed by atoms with Crippen LogP contribution in [0.15, 0.2) is 6.07 Å². The van der Waals surface area contributed by atoms with E-state index in [0.29, 0.717) is 6.42 Å². The second-order valence-electron chi connectivity index (χ2n) is 4.73. The van der Waals surface area contributed by atoms with Crippen molar-refractivity contribution >= 4 is 21.4 Å². The molecule has 1 aromatic rings. The summed E-state index contributed by atoms with van der Waals surface area (Å²) in [6.45, 7) is 9.59. The maximum Gasteiger partial charge on any atom is 0.212 e. The molecule has 0 aliphatic heterocycles. The lowest BCUT2D eigenvalue weighted by atomic mass is 10.1. The average Bonchev–Trinajstić information content (AvgIpc) is 2.63. The molecule has 0 radical (unpaired) electrons. The highest BCUT2D eigenvalue weighted by Gasteiger charge is 2.18. The van der Waals surface area contributed by atoms with E-state index in [4.69, 9.17) is 0 Å². The van der Waals surface area contributed by atoms with Gasteiger partial charge in [-0.3, -0.25) is 0 Å². The lowest BCUT2D eigenvalue weighted by molar-refractivity contribution is 0.562. The van der Waals surface area contributed by atoms with Gasteiger partial charge in [0.1, 0.15) is 0 Å². The molecular formula is C13H24N2O2S2. The van der Waals surface area contributed by atoms with Gasteiger partial charge >= 0.3 is 0 Å². The second kappa shape index (κ2) is 7.38. The number of thiophene rings is 1. The third kappa shape index (κ3) is 5.60. The smallest absolute Gasteiger partial charge is 0.212 e. The standard InChI is InChI=1S/C13H24N2O2S2/c1-5-14-7-6-8-19(16,17)15-11(3)13-9-10(2)18-12(13)4/h9,11,14-15H,5-8H2,1-4H3. The molecule has 4 nitrogen and oxygen atoms in total. The van der Waals surface area contributed by atoms with Gasteiger partial charge in [0.15, 0.2) is 0 Å². The predicted molar refractivity (Wildman–Crippen MR) is 82.3 cm³/mol. The Bertz CT molecular complexity index is 495. The Labute approximate surface area is 120 Å². The Morgan fingerprint density at radius 1 is 1.37 bits per heavy atom. The van der Waals surface area contributed by atoms with Crippen LogP contribution in [0.5, 0.6) is 0 Å². The molecule has 0 saturated carbocycles. The lowest BCUT2D eigenvalue weighted by Gasteiger charge is -2.14. The van der Waals surface area contributed by atoms with Crippen LogP contribution in [0.3, 0.4) is 0 Å². The highest BCUT2D eigenvalue weighted by Crippen LogP contribution is 2.26. The van der Waals surface area contributed by atoms with Gasteiger partial charge < -0.3 is 5.32 Å². The molecule has 19 heavy (non-hydrogen) atoms. The van der Waals surface area contributed by atoms with Gasteiger partial charge in [-0.1, -0.05) is 6.92 Å². The van der Waals surface area contributed by atoms with E-state index in [2.05, 4.69) is 16.1 Å². The minimum absolute atomic E-state index is 0.158. The highest BCUT2D eigenvalue weighted by molar-refractivity contribution is 7.89. The SMILES string of the molecule is CCNCCCS(=O)(=O)NC(C)c1cc(C)sc1C. The Morgan fingerprint density at radius 3 is 2.58 bits per heavy atom. The van der Waals surface area contributed by atoms with Gasteiger partial charge in [0.25, 0.3) is 0 Å². The van der Waals surface area contributed by atoms with E-state index >= 15 is 0 Å². The van der Waals surface area contributed by atoms with Crippen molar-refractivity contribution in [3.05, 3.63) is 21.4 Å². The topological polar surface area (TPSA) is 58.2 Å². The first kappa shape index (κ1) is 16.6. The van der Waals surface area contributed by atoms with Crippen molar-refractivity contribution in [3.8, 4) is 0 Å². The molecule has 0 aliphatic carbocycles. The van der Waals surface area contributed by atoms with Gasteiger partial charge in [-0.15, -0.1) is 11.3 Å². The summed E-state index contributed by atoms with van der Waals surface area (Å²) in [5.74, 6) is 0.173. The maximum atomic E-state index is 12.0. The number of hydrogen-bond acceptors (Lipinski definition) is 4. The summed E-state index contributed by atoms with van der Waals surface area (Å²) in [5, 5.41) is 3.13. The van der Waals surface area contributed by atoms with Crippen LogP contribution in [-0.4, -0.2) is 27.3 Å². The predicted octanol–water partition coefficient (Wildman–Crippen LogP) is 2.34. The summed E-state index contributed by atoms with van der Waals surface area (Å²) in [6, 6.07) is 1.90. The van der Waals surface area contributed by atoms with Crippen molar-refractivity contribution in [2.75, 3.05) is 18.8 Å². The summed E-state index contributed by atoms with van der Waals surface area (Å²) in [5.41, 5.74) is 1.08. The first-order valence-electron chi connectivity index (χ1n) is 6.63. The van der Waals surface area contributed by atoms with Crippen LogP contribution in [0.1, 0.15) is 41.6 Å². The summed E-state index contributed by atoms with van der Waals surface area (Å²) in [4.78, 5) is 2.39.